The Labute approximate surface area is 110 Å². The topological polar surface area (TPSA) is 3.88 Å². The van der Waals surface area contributed by atoms with Crippen LogP contribution in [-0.4, -0.2) is 0 Å². The van der Waals surface area contributed by atoms with Gasteiger partial charge in [-0.2, -0.15) is 0 Å². The van der Waals surface area contributed by atoms with E-state index in [9.17, 15) is 0 Å². The summed E-state index contributed by atoms with van der Waals surface area (Å²) in [6.07, 6.45) is 2.11. The lowest BCUT2D eigenvalue weighted by Gasteiger charge is -2.17. The first kappa shape index (κ1) is 12.8. The fourth-order valence-electron chi connectivity index (χ4n) is 2.67. The Bertz CT molecular complexity index is 580. The van der Waals surface area contributed by atoms with Crippen LogP contribution in [0.2, 0.25) is 0 Å². The van der Waals surface area contributed by atoms with Crippen molar-refractivity contribution < 1.29 is 4.57 Å². The van der Waals surface area contributed by atoms with E-state index < -0.39 is 0 Å². The van der Waals surface area contributed by atoms with E-state index in [-0.39, 0.29) is 0 Å². The third-order valence-corrected chi connectivity index (χ3v) is 4.31. The Kier molecular flexibility index (Phi) is 3.25. The average molecular weight is 240 g/mol. The zero-order valence-corrected chi connectivity index (χ0v) is 12.3. The molecule has 0 radical (unpaired) electrons. The lowest BCUT2D eigenvalue weighted by molar-refractivity contribution is -0.660. The van der Waals surface area contributed by atoms with Crippen LogP contribution in [0.15, 0.2) is 24.4 Å². The Morgan fingerprint density at radius 1 is 0.722 bits per heavy atom. The highest BCUT2D eigenvalue weighted by atomic mass is 14.9. The molecule has 1 nitrogen and oxygen atoms in total. The number of aryl methyl sites for hydroxylation is 1. The molecule has 94 valence electrons. The van der Waals surface area contributed by atoms with Crippen molar-refractivity contribution in [3.05, 3.63) is 52.2 Å². The number of nitrogens with zero attached hydrogens (tertiary/aromatic N) is 1. The molecule has 0 saturated heterocycles. The summed E-state index contributed by atoms with van der Waals surface area (Å²) in [5, 5.41) is 0. The predicted octanol–water partition coefficient (Wildman–Crippen LogP) is 3.72. The van der Waals surface area contributed by atoms with Crippen molar-refractivity contribution in [3.63, 3.8) is 0 Å². The molecule has 1 heteroatoms. The van der Waals surface area contributed by atoms with E-state index in [2.05, 4.69) is 70.6 Å². The van der Waals surface area contributed by atoms with Gasteiger partial charge in [-0.3, -0.25) is 0 Å². The van der Waals surface area contributed by atoms with E-state index in [1.807, 2.05) is 0 Å². The normalized spacial score (nSPS) is 10.8. The molecule has 0 aliphatic rings. The van der Waals surface area contributed by atoms with Crippen molar-refractivity contribution in [2.75, 3.05) is 0 Å². The molecule has 1 heterocycles. The second-order valence-corrected chi connectivity index (χ2v) is 5.20. The largest absolute Gasteiger partial charge is 0.212 e. The van der Waals surface area contributed by atoms with Gasteiger partial charge < -0.3 is 0 Å². The maximum absolute atomic E-state index is 2.23. The standard InChI is InChI=1S/C17H22N/c1-11-12(2)14(4)17(15(5)13(11)3)16-9-7-8-10-18(16)6/h7-10H,1-6H3/q+1. The zero-order valence-electron chi connectivity index (χ0n) is 12.3. The van der Waals surface area contributed by atoms with E-state index >= 15 is 0 Å². The van der Waals surface area contributed by atoms with E-state index in [1.54, 1.807) is 0 Å². The van der Waals surface area contributed by atoms with Crippen LogP contribution >= 0.6 is 0 Å². The molecule has 0 saturated carbocycles. The first-order chi connectivity index (χ1) is 8.45. The summed E-state index contributed by atoms with van der Waals surface area (Å²) in [6, 6.07) is 6.38. The van der Waals surface area contributed by atoms with Crippen LogP contribution in [0.1, 0.15) is 27.8 Å². The summed E-state index contributed by atoms with van der Waals surface area (Å²) in [6.45, 7) is 11.1. The van der Waals surface area contributed by atoms with Crippen LogP contribution in [0.25, 0.3) is 11.3 Å². The number of pyridine rings is 1. The van der Waals surface area contributed by atoms with Gasteiger partial charge in [0.15, 0.2) is 6.20 Å². The molecule has 2 aromatic rings. The fourth-order valence-corrected chi connectivity index (χ4v) is 2.67. The van der Waals surface area contributed by atoms with Gasteiger partial charge in [0.1, 0.15) is 7.05 Å². The maximum atomic E-state index is 2.23. The van der Waals surface area contributed by atoms with Gasteiger partial charge in [0.2, 0.25) is 5.69 Å². The zero-order chi connectivity index (χ0) is 13.4. The van der Waals surface area contributed by atoms with Gasteiger partial charge in [0.25, 0.3) is 0 Å². The van der Waals surface area contributed by atoms with Crippen molar-refractivity contribution in [1.29, 1.82) is 0 Å². The first-order valence-electron chi connectivity index (χ1n) is 6.47. The Hall–Kier alpha value is -1.63. The molecule has 0 N–H and O–H groups in total. The number of hydrogen-bond acceptors (Lipinski definition) is 0. The lowest BCUT2D eigenvalue weighted by atomic mass is 9.88. The van der Waals surface area contributed by atoms with Crippen LogP contribution in [0.5, 0.6) is 0 Å². The molecule has 0 unspecified atom stereocenters. The Morgan fingerprint density at radius 3 is 1.72 bits per heavy atom. The SMILES string of the molecule is Cc1c(C)c(C)c(-c2cccc[n+]2C)c(C)c1C. The van der Waals surface area contributed by atoms with Gasteiger partial charge >= 0.3 is 0 Å². The minimum Gasteiger partial charge on any atom is -0.201 e. The highest BCUT2D eigenvalue weighted by Gasteiger charge is 2.18. The van der Waals surface area contributed by atoms with Crippen molar-refractivity contribution in [1.82, 2.24) is 0 Å². The van der Waals surface area contributed by atoms with E-state index in [0.29, 0.717) is 0 Å². The van der Waals surface area contributed by atoms with Crippen LogP contribution in [0.3, 0.4) is 0 Å². The van der Waals surface area contributed by atoms with E-state index in [1.165, 1.54) is 39.1 Å². The molecule has 0 bridgehead atoms. The number of hydrogen-bond donors (Lipinski definition) is 0. The van der Waals surface area contributed by atoms with Gasteiger partial charge in [-0.1, -0.05) is 0 Å². The molecule has 1 aromatic carbocycles. The lowest BCUT2D eigenvalue weighted by Crippen LogP contribution is -2.30. The molecule has 0 atom stereocenters. The summed E-state index contributed by atoms with van der Waals surface area (Å²) in [7, 11) is 2.11. The van der Waals surface area contributed by atoms with Crippen LogP contribution in [0.4, 0.5) is 0 Å². The van der Waals surface area contributed by atoms with Gasteiger partial charge in [-0.05, 0) is 68.5 Å². The molecule has 0 aliphatic carbocycles. The third-order valence-electron chi connectivity index (χ3n) is 4.31. The highest BCUT2D eigenvalue weighted by molar-refractivity contribution is 5.70. The van der Waals surface area contributed by atoms with E-state index in [0.717, 1.165) is 0 Å². The van der Waals surface area contributed by atoms with Crippen LogP contribution in [-0.2, 0) is 7.05 Å². The monoisotopic (exact) mass is 240 g/mol. The number of benzene rings is 1. The van der Waals surface area contributed by atoms with Crippen molar-refractivity contribution in [2.24, 2.45) is 7.05 Å². The van der Waals surface area contributed by atoms with Crippen LogP contribution < -0.4 is 4.57 Å². The smallest absolute Gasteiger partial charge is 0.201 e. The Morgan fingerprint density at radius 2 is 1.22 bits per heavy atom. The van der Waals surface area contributed by atoms with Gasteiger partial charge in [-0.15, -0.1) is 0 Å². The Balaban J connectivity index is 2.85. The van der Waals surface area contributed by atoms with Crippen molar-refractivity contribution in [2.45, 2.75) is 34.6 Å². The number of rotatable bonds is 1. The molecule has 1 aromatic heterocycles. The maximum Gasteiger partial charge on any atom is 0.212 e. The molecule has 0 amide bonds. The third kappa shape index (κ3) is 1.84. The predicted molar refractivity (Wildman–Crippen MR) is 76.7 cm³/mol. The quantitative estimate of drug-likeness (QED) is 0.669. The summed E-state index contributed by atoms with van der Waals surface area (Å²) in [5.74, 6) is 0. The number of aromatic nitrogens is 1. The summed E-state index contributed by atoms with van der Waals surface area (Å²) >= 11 is 0. The summed E-state index contributed by atoms with van der Waals surface area (Å²) in [4.78, 5) is 0. The summed E-state index contributed by atoms with van der Waals surface area (Å²) < 4.78 is 2.20. The molecule has 0 aliphatic heterocycles. The molecule has 0 spiro atoms. The van der Waals surface area contributed by atoms with Gasteiger partial charge in [0.05, 0.1) is 5.56 Å². The first-order valence-corrected chi connectivity index (χ1v) is 6.47. The minimum atomic E-state index is 1.29. The molecular formula is C17H22N+. The van der Waals surface area contributed by atoms with Gasteiger partial charge in [0, 0.05) is 12.1 Å². The minimum absolute atomic E-state index is 1.29. The van der Waals surface area contributed by atoms with Crippen molar-refractivity contribution in [3.8, 4) is 11.3 Å². The second-order valence-electron chi connectivity index (χ2n) is 5.20. The second kappa shape index (κ2) is 4.56. The summed E-state index contributed by atoms with van der Waals surface area (Å²) in [5.41, 5.74) is 9.73. The van der Waals surface area contributed by atoms with E-state index in [4.69, 9.17) is 0 Å². The molecule has 0 fully saturated rings. The average Bonchev–Trinajstić information content (AvgIpc) is 2.36. The van der Waals surface area contributed by atoms with Gasteiger partial charge in [-0.25, -0.2) is 4.57 Å². The van der Waals surface area contributed by atoms with Crippen molar-refractivity contribution >= 4 is 0 Å². The molecule has 18 heavy (non-hydrogen) atoms. The highest BCUT2D eigenvalue weighted by Crippen LogP contribution is 2.32. The molecule has 2 rings (SSSR count). The fraction of sp³-hybridized carbons (Fsp3) is 0.353. The molecular weight excluding hydrogens is 218 g/mol. The van der Waals surface area contributed by atoms with Crippen LogP contribution in [0, 0.1) is 34.6 Å².